The molecule has 4 nitrogen and oxygen atoms in total. The molecule has 0 aliphatic rings. The van der Waals surface area contributed by atoms with E-state index in [9.17, 15) is 9.18 Å². The van der Waals surface area contributed by atoms with Gasteiger partial charge >= 0.3 is 0 Å². The van der Waals surface area contributed by atoms with Gasteiger partial charge < -0.3 is 5.73 Å². The zero-order valence-electron chi connectivity index (χ0n) is 11.9. The van der Waals surface area contributed by atoms with Crippen LogP contribution in [0.5, 0.6) is 0 Å². The first-order valence-electron chi connectivity index (χ1n) is 6.90. The van der Waals surface area contributed by atoms with E-state index in [1.165, 1.54) is 12.1 Å². The molecule has 2 N–H and O–H groups in total. The molecular formula is C15H20FN3O. The fourth-order valence-electron chi connectivity index (χ4n) is 2.44. The van der Waals surface area contributed by atoms with Crippen molar-refractivity contribution in [3.8, 4) is 0 Å². The number of nitrogen functional groups attached to an aromatic ring is 1. The highest BCUT2D eigenvalue weighted by atomic mass is 19.1. The Morgan fingerprint density at radius 3 is 2.35 bits per heavy atom. The predicted octanol–water partition coefficient (Wildman–Crippen LogP) is 2.39. The van der Waals surface area contributed by atoms with E-state index < -0.39 is 0 Å². The normalized spacial score (nSPS) is 10.9. The van der Waals surface area contributed by atoms with Gasteiger partial charge in [0.25, 0.3) is 5.56 Å². The van der Waals surface area contributed by atoms with Crippen LogP contribution in [0.4, 0.5) is 10.1 Å². The van der Waals surface area contributed by atoms with Crippen molar-refractivity contribution in [3.05, 3.63) is 51.7 Å². The molecule has 0 radical (unpaired) electrons. The second kappa shape index (κ2) is 5.94. The van der Waals surface area contributed by atoms with E-state index in [0.29, 0.717) is 18.8 Å². The second-order valence-corrected chi connectivity index (χ2v) is 4.82. The summed E-state index contributed by atoms with van der Waals surface area (Å²) >= 11 is 0. The molecule has 0 spiro atoms. The van der Waals surface area contributed by atoms with Crippen LogP contribution in [0.15, 0.2) is 29.1 Å². The van der Waals surface area contributed by atoms with Gasteiger partial charge in [0.1, 0.15) is 11.5 Å². The molecule has 0 bridgehead atoms. The van der Waals surface area contributed by atoms with Crippen LogP contribution in [0.1, 0.15) is 31.5 Å². The Bertz CT molecular complexity index is 640. The molecule has 0 aliphatic carbocycles. The van der Waals surface area contributed by atoms with Crippen LogP contribution in [-0.4, -0.2) is 9.36 Å². The zero-order chi connectivity index (χ0) is 14.7. The molecule has 5 heteroatoms. The molecular weight excluding hydrogens is 257 g/mol. The fraction of sp³-hybridized carbons (Fsp3) is 0.400. The Labute approximate surface area is 117 Å². The molecule has 0 aliphatic heterocycles. The Balaban J connectivity index is 2.43. The van der Waals surface area contributed by atoms with Gasteiger partial charge in [0.2, 0.25) is 0 Å². The van der Waals surface area contributed by atoms with Gasteiger partial charge in [-0.3, -0.25) is 9.48 Å². The van der Waals surface area contributed by atoms with E-state index in [0.717, 1.165) is 24.1 Å². The van der Waals surface area contributed by atoms with E-state index in [1.54, 1.807) is 16.8 Å². The SMILES string of the molecule is CCCc1c(N)c(=O)n(Cc2ccc(F)cc2)n1CC. The van der Waals surface area contributed by atoms with Crippen molar-refractivity contribution in [2.75, 3.05) is 5.73 Å². The lowest BCUT2D eigenvalue weighted by Crippen LogP contribution is -2.24. The lowest BCUT2D eigenvalue weighted by atomic mass is 10.2. The van der Waals surface area contributed by atoms with Crippen LogP contribution < -0.4 is 11.3 Å². The van der Waals surface area contributed by atoms with Crippen LogP contribution in [0.2, 0.25) is 0 Å². The quantitative estimate of drug-likeness (QED) is 0.912. The summed E-state index contributed by atoms with van der Waals surface area (Å²) in [6, 6.07) is 6.17. The molecule has 0 saturated heterocycles. The first-order chi connectivity index (χ1) is 9.58. The number of benzene rings is 1. The molecule has 0 fully saturated rings. The third-order valence-corrected chi connectivity index (χ3v) is 3.41. The number of nitrogens with zero attached hydrogens (tertiary/aromatic N) is 2. The Morgan fingerprint density at radius 2 is 1.80 bits per heavy atom. The van der Waals surface area contributed by atoms with E-state index in [-0.39, 0.29) is 11.4 Å². The molecule has 0 atom stereocenters. The Morgan fingerprint density at radius 1 is 1.15 bits per heavy atom. The number of halogens is 1. The standard InChI is InChI=1S/C15H20FN3O/c1-3-5-13-14(17)15(20)19(18(13)4-2)10-11-6-8-12(16)9-7-11/h6-9H,3-5,10,17H2,1-2H3. The van der Waals surface area contributed by atoms with Crippen molar-refractivity contribution >= 4 is 5.69 Å². The molecule has 0 amide bonds. The van der Waals surface area contributed by atoms with Crippen LogP contribution in [0, 0.1) is 5.82 Å². The molecule has 0 saturated carbocycles. The van der Waals surface area contributed by atoms with Gasteiger partial charge in [-0.1, -0.05) is 25.5 Å². The average Bonchev–Trinajstić information content (AvgIpc) is 2.67. The lowest BCUT2D eigenvalue weighted by Gasteiger charge is -2.12. The first kappa shape index (κ1) is 14.4. The summed E-state index contributed by atoms with van der Waals surface area (Å²) in [4.78, 5) is 12.3. The van der Waals surface area contributed by atoms with Crippen molar-refractivity contribution < 1.29 is 4.39 Å². The molecule has 2 rings (SSSR count). The maximum Gasteiger partial charge on any atom is 0.290 e. The lowest BCUT2D eigenvalue weighted by molar-refractivity contribution is 0.471. The third-order valence-electron chi connectivity index (χ3n) is 3.41. The summed E-state index contributed by atoms with van der Waals surface area (Å²) < 4.78 is 16.5. The summed E-state index contributed by atoms with van der Waals surface area (Å²) in [5, 5.41) is 0. The number of hydrogen-bond acceptors (Lipinski definition) is 2. The van der Waals surface area contributed by atoms with Crippen molar-refractivity contribution in [3.63, 3.8) is 0 Å². The predicted molar refractivity (Wildman–Crippen MR) is 78.3 cm³/mol. The largest absolute Gasteiger partial charge is 0.393 e. The maximum absolute atomic E-state index is 12.9. The van der Waals surface area contributed by atoms with Crippen molar-refractivity contribution in [1.82, 2.24) is 9.36 Å². The minimum atomic E-state index is -0.279. The summed E-state index contributed by atoms with van der Waals surface area (Å²) in [6.07, 6.45) is 1.72. The van der Waals surface area contributed by atoms with Crippen molar-refractivity contribution in [2.24, 2.45) is 0 Å². The van der Waals surface area contributed by atoms with Gasteiger partial charge in [-0.05, 0) is 31.0 Å². The summed E-state index contributed by atoms with van der Waals surface area (Å²) in [5.74, 6) is -0.279. The van der Waals surface area contributed by atoms with Gasteiger partial charge in [0.15, 0.2) is 0 Å². The molecule has 1 aromatic carbocycles. The maximum atomic E-state index is 12.9. The highest BCUT2D eigenvalue weighted by Crippen LogP contribution is 2.13. The van der Waals surface area contributed by atoms with Gasteiger partial charge in [0, 0.05) is 6.54 Å². The molecule has 1 aromatic heterocycles. The van der Waals surface area contributed by atoms with Gasteiger partial charge in [-0.2, -0.15) is 0 Å². The van der Waals surface area contributed by atoms with E-state index in [4.69, 9.17) is 5.73 Å². The summed E-state index contributed by atoms with van der Waals surface area (Å²) in [6.45, 7) is 5.13. The van der Waals surface area contributed by atoms with Crippen molar-refractivity contribution in [2.45, 2.75) is 39.8 Å². The monoisotopic (exact) mass is 277 g/mol. The van der Waals surface area contributed by atoms with Crippen LogP contribution in [0.25, 0.3) is 0 Å². The summed E-state index contributed by atoms with van der Waals surface area (Å²) in [5.41, 5.74) is 7.86. The Hall–Kier alpha value is -2.04. The number of anilines is 1. The molecule has 0 unspecified atom stereocenters. The van der Waals surface area contributed by atoms with Gasteiger partial charge in [0.05, 0.1) is 12.2 Å². The number of rotatable bonds is 5. The van der Waals surface area contributed by atoms with Crippen LogP contribution in [0.3, 0.4) is 0 Å². The van der Waals surface area contributed by atoms with Crippen LogP contribution >= 0.6 is 0 Å². The smallest absolute Gasteiger partial charge is 0.290 e. The molecule has 2 aromatic rings. The average molecular weight is 277 g/mol. The number of aromatic nitrogens is 2. The summed E-state index contributed by atoms with van der Waals surface area (Å²) in [7, 11) is 0. The van der Waals surface area contributed by atoms with E-state index in [1.807, 2.05) is 11.6 Å². The number of nitrogens with two attached hydrogens (primary N) is 1. The highest BCUT2D eigenvalue weighted by Gasteiger charge is 2.16. The first-order valence-corrected chi connectivity index (χ1v) is 6.90. The van der Waals surface area contributed by atoms with Gasteiger partial charge in [-0.15, -0.1) is 0 Å². The second-order valence-electron chi connectivity index (χ2n) is 4.82. The van der Waals surface area contributed by atoms with E-state index in [2.05, 4.69) is 6.92 Å². The minimum Gasteiger partial charge on any atom is -0.393 e. The van der Waals surface area contributed by atoms with Gasteiger partial charge in [-0.25, -0.2) is 9.07 Å². The number of hydrogen-bond donors (Lipinski definition) is 1. The molecule has 1 heterocycles. The zero-order valence-corrected chi connectivity index (χ0v) is 11.9. The minimum absolute atomic E-state index is 0.167. The van der Waals surface area contributed by atoms with Crippen LogP contribution in [-0.2, 0) is 19.5 Å². The third kappa shape index (κ3) is 2.61. The van der Waals surface area contributed by atoms with Crippen molar-refractivity contribution in [1.29, 1.82) is 0 Å². The topological polar surface area (TPSA) is 53.0 Å². The fourth-order valence-corrected chi connectivity index (χ4v) is 2.44. The highest BCUT2D eigenvalue weighted by molar-refractivity contribution is 5.42. The molecule has 20 heavy (non-hydrogen) atoms. The van der Waals surface area contributed by atoms with E-state index >= 15 is 0 Å². The molecule has 108 valence electrons. The Kier molecular flexibility index (Phi) is 4.27.